The average molecular weight is 429 g/mol. The lowest BCUT2D eigenvalue weighted by Gasteiger charge is -2.28. The molecule has 2 saturated heterocycles. The van der Waals surface area contributed by atoms with Gasteiger partial charge in [-0.05, 0) is 44.4 Å². The molecule has 0 aromatic heterocycles. The number of sulfonamides is 2. The lowest BCUT2D eigenvalue weighted by Crippen LogP contribution is -2.38. The minimum Gasteiger partial charge on any atom is -0.213 e. The molecule has 2 aliphatic heterocycles. The Balaban J connectivity index is 0. The molecule has 2 aliphatic rings. The van der Waals surface area contributed by atoms with E-state index < -0.39 is 20.0 Å². The number of nitrogens with zero attached hydrogens (tertiary/aromatic N) is 2. The second-order valence-electron chi connectivity index (χ2n) is 6.83. The molecule has 0 saturated carbocycles. The lowest BCUT2D eigenvalue weighted by atomic mass is 10.0. The van der Waals surface area contributed by atoms with E-state index in [9.17, 15) is 16.8 Å². The van der Waals surface area contributed by atoms with Crippen LogP contribution in [0.15, 0.2) is 0 Å². The van der Waals surface area contributed by atoms with Gasteiger partial charge in [0.1, 0.15) is 0 Å². The molecule has 27 heavy (non-hydrogen) atoms. The Morgan fingerprint density at radius 1 is 0.704 bits per heavy atom. The lowest BCUT2D eigenvalue weighted by molar-refractivity contribution is 0.288. The smallest absolute Gasteiger partial charge is 0.213 e. The van der Waals surface area contributed by atoms with E-state index in [1.165, 1.54) is 6.26 Å². The van der Waals surface area contributed by atoms with Gasteiger partial charge in [0, 0.05) is 26.2 Å². The van der Waals surface area contributed by atoms with E-state index in [4.69, 9.17) is 0 Å². The van der Waals surface area contributed by atoms with Gasteiger partial charge in [0.05, 0.1) is 12.0 Å². The maximum atomic E-state index is 11.4. The molecule has 0 atom stereocenters. The van der Waals surface area contributed by atoms with Crippen molar-refractivity contribution in [3.8, 4) is 0 Å². The first-order chi connectivity index (χ1) is 12.6. The van der Waals surface area contributed by atoms with Gasteiger partial charge in [-0.2, -0.15) is 0 Å². The first-order valence-corrected chi connectivity index (χ1v) is 13.9. The molecule has 0 radical (unpaired) electrons. The summed E-state index contributed by atoms with van der Waals surface area (Å²) < 4.78 is 48.0. The molecular weight excluding hydrogens is 384 g/mol. The predicted octanol–water partition coefficient (Wildman–Crippen LogP) is 3.80. The first kappa shape index (κ1) is 29.0. The predicted molar refractivity (Wildman–Crippen MR) is 117 cm³/mol. The van der Waals surface area contributed by atoms with Crippen molar-refractivity contribution in [2.75, 3.05) is 38.2 Å². The number of piperidine rings is 2. The van der Waals surface area contributed by atoms with Gasteiger partial charge in [0.15, 0.2) is 0 Å². The molecule has 166 valence electrons. The standard InChI is InChI=1S/C8H17NO2S.C7H15NO2S.2C2H6/c1-3-12(10,11)9-6-4-8(2)5-7-9;1-7-3-5-8(6-4-7)11(2,9)10;2*1-2/h8H,3-7H2,1-2H3;7H,3-6H2,1-2H3;2*1-2H3. The monoisotopic (exact) mass is 428 g/mol. The SMILES string of the molecule is CC.CC.CC1CCN(S(C)(=O)=O)CC1.CCS(=O)(=O)N1CCC(C)CC1. The summed E-state index contributed by atoms with van der Waals surface area (Å²) in [5, 5.41) is 0. The Kier molecular flexibility index (Phi) is 15.9. The highest BCUT2D eigenvalue weighted by atomic mass is 32.2. The normalized spacial score (nSPS) is 20.3. The van der Waals surface area contributed by atoms with Crippen LogP contribution >= 0.6 is 0 Å². The Bertz CT molecular complexity index is 546. The van der Waals surface area contributed by atoms with Gasteiger partial charge < -0.3 is 0 Å². The molecule has 2 rings (SSSR count). The molecule has 6 nitrogen and oxygen atoms in total. The van der Waals surface area contributed by atoms with Crippen molar-refractivity contribution >= 4 is 20.0 Å². The maximum absolute atomic E-state index is 11.4. The molecule has 8 heteroatoms. The van der Waals surface area contributed by atoms with Crippen molar-refractivity contribution in [1.29, 1.82) is 0 Å². The van der Waals surface area contributed by atoms with Crippen molar-refractivity contribution in [3.05, 3.63) is 0 Å². The van der Waals surface area contributed by atoms with Gasteiger partial charge in [-0.1, -0.05) is 41.5 Å². The third kappa shape index (κ3) is 12.1. The minimum absolute atomic E-state index is 0.237. The fraction of sp³-hybridized carbons (Fsp3) is 1.00. The highest BCUT2D eigenvalue weighted by Gasteiger charge is 2.24. The fourth-order valence-corrected chi connectivity index (χ4v) is 4.77. The van der Waals surface area contributed by atoms with Gasteiger partial charge in [-0.15, -0.1) is 0 Å². The summed E-state index contributed by atoms with van der Waals surface area (Å²) in [6.45, 7) is 16.9. The summed E-state index contributed by atoms with van der Waals surface area (Å²) in [4.78, 5) is 0. The molecule has 2 fully saturated rings. The molecule has 0 aliphatic carbocycles. The molecule has 0 amide bonds. The zero-order chi connectivity index (χ0) is 21.7. The van der Waals surface area contributed by atoms with Crippen LogP contribution in [0.1, 0.15) is 74.1 Å². The Morgan fingerprint density at radius 2 is 1.00 bits per heavy atom. The quantitative estimate of drug-likeness (QED) is 0.685. The minimum atomic E-state index is -2.92. The molecule has 0 unspecified atom stereocenters. The van der Waals surface area contributed by atoms with Crippen LogP contribution in [-0.2, 0) is 20.0 Å². The van der Waals surface area contributed by atoms with Gasteiger partial charge in [-0.3, -0.25) is 0 Å². The topological polar surface area (TPSA) is 74.8 Å². The third-order valence-corrected chi connectivity index (χ3v) is 7.90. The van der Waals surface area contributed by atoms with Crippen LogP contribution in [0, 0.1) is 11.8 Å². The van der Waals surface area contributed by atoms with Crippen LogP contribution in [0.5, 0.6) is 0 Å². The molecule has 0 bridgehead atoms. The highest BCUT2D eigenvalue weighted by molar-refractivity contribution is 7.89. The van der Waals surface area contributed by atoms with Crippen molar-refractivity contribution in [3.63, 3.8) is 0 Å². The van der Waals surface area contributed by atoms with E-state index in [-0.39, 0.29) is 5.75 Å². The van der Waals surface area contributed by atoms with Gasteiger partial charge in [0.2, 0.25) is 20.0 Å². The van der Waals surface area contributed by atoms with E-state index in [0.717, 1.165) is 38.8 Å². The summed E-state index contributed by atoms with van der Waals surface area (Å²) in [5.41, 5.74) is 0. The first-order valence-electron chi connectivity index (χ1n) is 10.5. The van der Waals surface area contributed by atoms with Crippen molar-refractivity contribution in [2.45, 2.75) is 74.1 Å². The highest BCUT2D eigenvalue weighted by Crippen LogP contribution is 2.19. The van der Waals surface area contributed by atoms with E-state index >= 15 is 0 Å². The number of rotatable bonds is 3. The Hall–Kier alpha value is -0.180. The Morgan fingerprint density at radius 3 is 1.26 bits per heavy atom. The Labute approximate surface area is 169 Å². The maximum Gasteiger partial charge on any atom is 0.213 e. The summed E-state index contributed by atoms with van der Waals surface area (Å²) in [5.74, 6) is 1.61. The van der Waals surface area contributed by atoms with Crippen molar-refractivity contribution < 1.29 is 16.8 Å². The second-order valence-corrected chi connectivity index (χ2v) is 11.1. The number of hydrogen-bond donors (Lipinski definition) is 0. The van der Waals surface area contributed by atoms with Crippen LogP contribution < -0.4 is 0 Å². The van der Waals surface area contributed by atoms with E-state index in [2.05, 4.69) is 13.8 Å². The molecule has 2 heterocycles. The van der Waals surface area contributed by atoms with E-state index in [1.807, 2.05) is 27.7 Å². The van der Waals surface area contributed by atoms with E-state index in [0.29, 0.717) is 24.9 Å². The largest absolute Gasteiger partial charge is 0.213 e. The zero-order valence-corrected chi connectivity index (χ0v) is 20.5. The molecule has 0 aromatic rings. The van der Waals surface area contributed by atoms with Crippen molar-refractivity contribution in [2.24, 2.45) is 11.8 Å². The van der Waals surface area contributed by atoms with Crippen LogP contribution in [0.25, 0.3) is 0 Å². The van der Waals surface area contributed by atoms with Crippen LogP contribution in [0.4, 0.5) is 0 Å². The van der Waals surface area contributed by atoms with E-state index in [1.54, 1.807) is 15.5 Å². The van der Waals surface area contributed by atoms with Gasteiger partial charge >= 0.3 is 0 Å². The molecule has 0 aromatic carbocycles. The molecule has 0 N–H and O–H groups in total. The van der Waals surface area contributed by atoms with Crippen LogP contribution in [-0.4, -0.2) is 63.6 Å². The fourth-order valence-electron chi connectivity index (χ4n) is 2.76. The second kappa shape index (κ2) is 14.8. The number of hydrogen-bond acceptors (Lipinski definition) is 4. The summed E-state index contributed by atoms with van der Waals surface area (Å²) in [6, 6.07) is 0. The zero-order valence-electron chi connectivity index (χ0n) is 18.9. The molecule has 0 spiro atoms. The van der Waals surface area contributed by atoms with Crippen LogP contribution in [0.2, 0.25) is 0 Å². The summed E-state index contributed by atoms with van der Waals surface area (Å²) >= 11 is 0. The van der Waals surface area contributed by atoms with Crippen molar-refractivity contribution in [1.82, 2.24) is 8.61 Å². The summed E-state index contributed by atoms with van der Waals surface area (Å²) in [7, 11) is -5.83. The summed E-state index contributed by atoms with van der Waals surface area (Å²) in [6.07, 6.45) is 5.32. The van der Waals surface area contributed by atoms with Crippen LogP contribution in [0.3, 0.4) is 0 Å². The molecular formula is C19H44N2O4S2. The third-order valence-electron chi connectivity index (χ3n) is 4.71. The average Bonchev–Trinajstić information content (AvgIpc) is 2.65. The van der Waals surface area contributed by atoms with Gasteiger partial charge in [-0.25, -0.2) is 25.4 Å². The van der Waals surface area contributed by atoms with Gasteiger partial charge in [0.25, 0.3) is 0 Å².